The molecule has 1 aromatic rings. The van der Waals surface area contributed by atoms with Gasteiger partial charge in [-0.3, -0.25) is 4.79 Å². The highest BCUT2D eigenvalue weighted by molar-refractivity contribution is 5.85. The Morgan fingerprint density at radius 2 is 2.16 bits per heavy atom. The molecule has 1 heterocycles. The van der Waals surface area contributed by atoms with Gasteiger partial charge in [0.1, 0.15) is 5.75 Å². The molecule has 1 saturated heterocycles. The Morgan fingerprint density at radius 3 is 2.92 bits per heavy atom. The van der Waals surface area contributed by atoms with Crippen molar-refractivity contribution in [2.75, 3.05) is 26.2 Å². The number of amides is 1. The van der Waals surface area contributed by atoms with Gasteiger partial charge in [-0.2, -0.15) is 0 Å². The van der Waals surface area contributed by atoms with E-state index in [0.717, 1.165) is 56.1 Å². The van der Waals surface area contributed by atoms with Crippen molar-refractivity contribution in [2.24, 2.45) is 5.92 Å². The number of hydrogen-bond acceptors (Lipinski definition) is 3. The van der Waals surface area contributed by atoms with E-state index in [1.807, 2.05) is 0 Å². The summed E-state index contributed by atoms with van der Waals surface area (Å²) in [6.45, 7) is 7.86. The van der Waals surface area contributed by atoms with Gasteiger partial charge in [-0.1, -0.05) is 12.1 Å². The van der Waals surface area contributed by atoms with Crippen LogP contribution in [0.15, 0.2) is 18.2 Å². The van der Waals surface area contributed by atoms with Gasteiger partial charge in [-0.15, -0.1) is 12.4 Å². The molecule has 4 nitrogen and oxygen atoms in total. The molecule has 1 aliphatic heterocycles. The standard InChI is InChI=1S/C20H32N2O2.ClH/c1-16-8-9-17(2)19(14-16)24-13-4-3-7-20(23)22-12-10-18-6-5-11-21-15-18;/h8-9,14,18,21H,3-7,10-13,15H2,1-2H3,(H,22,23);1H. The Kier molecular flexibility index (Phi) is 10.6. The van der Waals surface area contributed by atoms with E-state index in [-0.39, 0.29) is 18.3 Å². The number of benzene rings is 1. The van der Waals surface area contributed by atoms with Crippen LogP contribution in [0.1, 0.15) is 49.7 Å². The molecule has 1 unspecified atom stereocenters. The fourth-order valence-electron chi connectivity index (χ4n) is 3.11. The van der Waals surface area contributed by atoms with E-state index in [0.29, 0.717) is 13.0 Å². The van der Waals surface area contributed by atoms with E-state index >= 15 is 0 Å². The molecule has 142 valence electrons. The maximum Gasteiger partial charge on any atom is 0.219 e. The Balaban J connectivity index is 0.00000312. The lowest BCUT2D eigenvalue weighted by atomic mass is 9.96. The summed E-state index contributed by atoms with van der Waals surface area (Å²) < 4.78 is 5.82. The van der Waals surface area contributed by atoms with Crippen LogP contribution in [0.3, 0.4) is 0 Å². The number of carbonyl (C=O) groups excluding carboxylic acids is 1. The topological polar surface area (TPSA) is 50.4 Å². The number of halogens is 1. The van der Waals surface area contributed by atoms with Crippen molar-refractivity contribution in [1.29, 1.82) is 0 Å². The first kappa shape index (κ1) is 21.8. The number of ether oxygens (including phenoxy) is 1. The molecule has 0 aromatic heterocycles. The van der Waals surface area contributed by atoms with Crippen LogP contribution in [0.2, 0.25) is 0 Å². The van der Waals surface area contributed by atoms with E-state index in [9.17, 15) is 4.79 Å². The molecule has 1 aliphatic rings. The number of nitrogens with one attached hydrogen (secondary N) is 2. The molecule has 1 aromatic carbocycles. The fourth-order valence-corrected chi connectivity index (χ4v) is 3.11. The smallest absolute Gasteiger partial charge is 0.219 e. The predicted octanol–water partition coefficient (Wildman–Crippen LogP) is 3.78. The number of rotatable bonds is 9. The molecular formula is C20H33ClN2O2. The Morgan fingerprint density at radius 1 is 1.32 bits per heavy atom. The zero-order valence-corrected chi connectivity index (χ0v) is 16.4. The largest absolute Gasteiger partial charge is 0.493 e. The third-order valence-electron chi connectivity index (χ3n) is 4.67. The van der Waals surface area contributed by atoms with Gasteiger partial charge >= 0.3 is 0 Å². The molecule has 0 bridgehead atoms. The third kappa shape index (κ3) is 8.59. The van der Waals surface area contributed by atoms with E-state index in [1.165, 1.54) is 18.4 Å². The highest BCUT2D eigenvalue weighted by Gasteiger charge is 2.12. The van der Waals surface area contributed by atoms with E-state index in [1.54, 1.807) is 0 Å². The molecule has 1 atom stereocenters. The summed E-state index contributed by atoms with van der Waals surface area (Å²) in [6.07, 6.45) is 6.03. The minimum absolute atomic E-state index is 0. The molecule has 2 N–H and O–H groups in total. The molecule has 0 radical (unpaired) electrons. The number of unbranched alkanes of at least 4 members (excludes halogenated alkanes) is 1. The zero-order chi connectivity index (χ0) is 17.2. The van der Waals surface area contributed by atoms with Crippen molar-refractivity contribution in [3.05, 3.63) is 29.3 Å². The first-order valence-electron chi connectivity index (χ1n) is 9.32. The molecule has 2 rings (SSSR count). The lowest BCUT2D eigenvalue weighted by Crippen LogP contribution is -2.33. The van der Waals surface area contributed by atoms with Gasteiger partial charge in [0.25, 0.3) is 0 Å². The van der Waals surface area contributed by atoms with Crippen molar-refractivity contribution in [1.82, 2.24) is 10.6 Å². The normalized spacial score (nSPS) is 16.8. The van der Waals surface area contributed by atoms with Gasteiger partial charge in [0.15, 0.2) is 0 Å². The second kappa shape index (κ2) is 12.2. The summed E-state index contributed by atoms with van der Waals surface area (Å²) in [5.74, 6) is 1.86. The van der Waals surface area contributed by atoms with Crippen LogP contribution in [0.5, 0.6) is 5.75 Å². The van der Waals surface area contributed by atoms with E-state index < -0.39 is 0 Å². The maximum atomic E-state index is 11.8. The molecule has 0 spiro atoms. The summed E-state index contributed by atoms with van der Waals surface area (Å²) in [5.41, 5.74) is 2.37. The van der Waals surface area contributed by atoms with Gasteiger partial charge in [0.2, 0.25) is 5.91 Å². The molecule has 1 fully saturated rings. The van der Waals surface area contributed by atoms with Gasteiger partial charge in [0, 0.05) is 13.0 Å². The average Bonchev–Trinajstić information content (AvgIpc) is 2.58. The molecule has 25 heavy (non-hydrogen) atoms. The monoisotopic (exact) mass is 368 g/mol. The SMILES string of the molecule is Cc1ccc(C)c(OCCCCC(=O)NCCC2CCCNC2)c1.Cl. The molecule has 1 amide bonds. The second-order valence-electron chi connectivity index (χ2n) is 6.93. The van der Waals surface area contributed by atoms with Gasteiger partial charge in [0.05, 0.1) is 6.61 Å². The first-order chi connectivity index (χ1) is 11.6. The van der Waals surface area contributed by atoms with Crippen LogP contribution in [0, 0.1) is 19.8 Å². The van der Waals surface area contributed by atoms with Crippen LogP contribution in [-0.2, 0) is 4.79 Å². The molecular weight excluding hydrogens is 336 g/mol. The van der Waals surface area contributed by atoms with Gasteiger partial charge in [-0.25, -0.2) is 0 Å². The summed E-state index contributed by atoms with van der Waals surface area (Å²) in [4.78, 5) is 11.8. The van der Waals surface area contributed by atoms with Crippen molar-refractivity contribution in [3.8, 4) is 5.75 Å². The molecule has 5 heteroatoms. The fraction of sp³-hybridized carbons (Fsp3) is 0.650. The van der Waals surface area contributed by atoms with Crippen LogP contribution in [0.25, 0.3) is 0 Å². The lowest BCUT2D eigenvalue weighted by Gasteiger charge is -2.22. The Hall–Kier alpha value is -1.26. The summed E-state index contributed by atoms with van der Waals surface area (Å²) >= 11 is 0. The minimum atomic E-state index is 0. The maximum absolute atomic E-state index is 11.8. The first-order valence-corrected chi connectivity index (χ1v) is 9.32. The van der Waals surface area contributed by atoms with Crippen molar-refractivity contribution < 1.29 is 9.53 Å². The minimum Gasteiger partial charge on any atom is -0.493 e. The summed E-state index contributed by atoms with van der Waals surface area (Å²) in [5, 5.41) is 6.46. The van der Waals surface area contributed by atoms with Crippen LogP contribution in [-0.4, -0.2) is 32.1 Å². The highest BCUT2D eigenvalue weighted by Crippen LogP contribution is 2.19. The van der Waals surface area contributed by atoms with Gasteiger partial charge in [-0.05, 0) is 82.2 Å². The van der Waals surface area contributed by atoms with Gasteiger partial charge < -0.3 is 15.4 Å². The summed E-state index contributed by atoms with van der Waals surface area (Å²) in [7, 11) is 0. The molecule has 0 saturated carbocycles. The lowest BCUT2D eigenvalue weighted by molar-refractivity contribution is -0.121. The second-order valence-corrected chi connectivity index (χ2v) is 6.93. The van der Waals surface area contributed by atoms with Crippen LogP contribution >= 0.6 is 12.4 Å². The van der Waals surface area contributed by atoms with Crippen LogP contribution in [0.4, 0.5) is 0 Å². The zero-order valence-electron chi connectivity index (χ0n) is 15.6. The number of piperidine rings is 1. The average molecular weight is 369 g/mol. The predicted molar refractivity (Wildman–Crippen MR) is 106 cm³/mol. The van der Waals surface area contributed by atoms with E-state index in [2.05, 4.69) is 42.7 Å². The Labute approximate surface area is 158 Å². The van der Waals surface area contributed by atoms with Crippen molar-refractivity contribution >= 4 is 18.3 Å². The third-order valence-corrected chi connectivity index (χ3v) is 4.67. The number of hydrogen-bond donors (Lipinski definition) is 2. The molecule has 0 aliphatic carbocycles. The summed E-state index contributed by atoms with van der Waals surface area (Å²) in [6, 6.07) is 6.25. The van der Waals surface area contributed by atoms with E-state index in [4.69, 9.17) is 4.74 Å². The van der Waals surface area contributed by atoms with Crippen molar-refractivity contribution in [3.63, 3.8) is 0 Å². The highest BCUT2D eigenvalue weighted by atomic mass is 35.5. The number of carbonyl (C=O) groups is 1. The number of aryl methyl sites for hydroxylation is 2. The van der Waals surface area contributed by atoms with Crippen LogP contribution < -0.4 is 15.4 Å². The quantitative estimate of drug-likeness (QED) is 0.652. The Bertz CT molecular complexity index is 516. The van der Waals surface area contributed by atoms with Crippen molar-refractivity contribution in [2.45, 2.75) is 52.4 Å².